The molecule has 0 aliphatic heterocycles. The van der Waals surface area contributed by atoms with Gasteiger partial charge >= 0.3 is 5.97 Å². The van der Waals surface area contributed by atoms with Crippen LogP contribution in [0.4, 0.5) is 0 Å². The topological polar surface area (TPSA) is 26.3 Å². The van der Waals surface area contributed by atoms with Crippen LogP contribution >= 0.6 is 15.9 Å². The Bertz CT molecular complexity index is 573. The van der Waals surface area contributed by atoms with E-state index in [4.69, 9.17) is 4.74 Å². The Morgan fingerprint density at radius 3 is 2.32 bits per heavy atom. The minimum absolute atomic E-state index is 0.259. The molecule has 19 heavy (non-hydrogen) atoms. The third-order valence-corrected chi connectivity index (χ3v) is 3.18. The fourth-order valence-corrected chi connectivity index (χ4v) is 1.84. The Morgan fingerprint density at radius 1 is 1.05 bits per heavy atom. The lowest BCUT2D eigenvalue weighted by Gasteiger charge is -2.07. The summed E-state index contributed by atoms with van der Waals surface area (Å²) < 4.78 is 6.18. The van der Waals surface area contributed by atoms with Crippen LogP contribution in [0.5, 0.6) is 0 Å². The van der Waals surface area contributed by atoms with Crippen molar-refractivity contribution >= 4 is 27.5 Å². The second-order valence-electron chi connectivity index (χ2n) is 4.05. The van der Waals surface area contributed by atoms with Crippen LogP contribution in [-0.2, 0) is 16.1 Å². The lowest BCUT2D eigenvalue weighted by molar-refractivity contribution is -0.137. The summed E-state index contributed by atoms with van der Waals surface area (Å²) in [4.78, 5) is 11.9. The Labute approximate surface area is 120 Å². The number of hydrogen-bond donors (Lipinski definition) is 0. The number of halogens is 1. The van der Waals surface area contributed by atoms with Crippen LogP contribution in [0.3, 0.4) is 0 Å². The lowest BCUT2D eigenvalue weighted by Crippen LogP contribution is -2.06. The van der Waals surface area contributed by atoms with E-state index in [1.54, 1.807) is 0 Å². The van der Waals surface area contributed by atoms with Crippen molar-refractivity contribution in [2.24, 2.45) is 0 Å². The van der Waals surface area contributed by atoms with Crippen LogP contribution in [0.15, 0.2) is 65.6 Å². The third kappa shape index (κ3) is 3.80. The van der Waals surface area contributed by atoms with Gasteiger partial charge in [-0.05, 0) is 23.3 Å². The zero-order valence-electron chi connectivity index (χ0n) is 10.3. The van der Waals surface area contributed by atoms with Gasteiger partial charge in [-0.2, -0.15) is 0 Å². The van der Waals surface area contributed by atoms with E-state index >= 15 is 0 Å². The minimum Gasteiger partial charge on any atom is -0.457 e. The second kappa shape index (κ2) is 6.34. The molecule has 0 bridgehead atoms. The van der Waals surface area contributed by atoms with E-state index in [1.165, 1.54) is 0 Å². The highest BCUT2D eigenvalue weighted by Gasteiger charge is 2.10. The monoisotopic (exact) mass is 316 g/mol. The highest BCUT2D eigenvalue weighted by atomic mass is 79.9. The van der Waals surface area contributed by atoms with Gasteiger partial charge in [-0.15, -0.1) is 0 Å². The molecule has 2 aromatic carbocycles. The molecule has 0 atom stereocenters. The molecule has 0 saturated carbocycles. The third-order valence-electron chi connectivity index (χ3n) is 2.65. The second-order valence-corrected chi connectivity index (χ2v) is 4.96. The van der Waals surface area contributed by atoms with Crippen molar-refractivity contribution in [2.45, 2.75) is 6.61 Å². The maximum Gasteiger partial charge on any atom is 0.338 e. The van der Waals surface area contributed by atoms with Gasteiger partial charge in [0, 0.05) is 4.47 Å². The van der Waals surface area contributed by atoms with Crippen LogP contribution in [-0.4, -0.2) is 5.97 Å². The van der Waals surface area contributed by atoms with Gasteiger partial charge in [0.05, 0.1) is 5.57 Å². The first-order valence-corrected chi connectivity index (χ1v) is 6.62. The highest BCUT2D eigenvalue weighted by molar-refractivity contribution is 9.10. The summed E-state index contributed by atoms with van der Waals surface area (Å²) in [5, 5.41) is 0. The van der Waals surface area contributed by atoms with Crippen LogP contribution in [0.1, 0.15) is 11.1 Å². The van der Waals surface area contributed by atoms with Gasteiger partial charge in [-0.1, -0.05) is 65.0 Å². The molecule has 0 unspecified atom stereocenters. The summed E-state index contributed by atoms with van der Waals surface area (Å²) in [5.74, 6) is -0.397. The molecular weight excluding hydrogens is 304 g/mol. The van der Waals surface area contributed by atoms with Crippen LogP contribution in [0.2, 0.25) is 0 Å². The summed E-state index contributed by atoms with van der Waals surface area (Å²) in [6.45, 7) is 4.04. The van der Waals surface area contributed by atoms with Gasteiger partial charge in [0.25, 0.3) is 0 Å². The minimum atomic E-state index is -0.397. The fourth-order valence-electron chi connectivity index (χ4n) is 1.58. The van der Waals surface area contributed by atoms with E-state index in [0.29, 0.717) is 5.57 Å². The number of esters is 1. The van der Waals surface area contributed by atoms with Gasteiger partial charge in [-0.25, -0.2) is 4.79 Å². The molecule has 0 radical (unpaired) electrons. The predicted molar refractivity (Wildman–Crippen MR) is 79.4 cm³/mol. The van der Waals surface area contributed by atoms with Crippen molar-refractivity contribution in [3.05, 3.63) is 76.8 Å². The molecule has 2 rings (SSSR count). The smallest absolute Gasteiger partial charge is 0.338 e. The first-order chi connectivity index (χ1) is 9.16. The standard InChI is InChI=1S/C16H13BrO2/c1-12(14-7-9-15(17)10-8-14)16(18)19-11-13-5-3-2-4-6-13/h2-10H,1,11H2. The molecule has 2 nitrogen and oxygen atoms in total. The van der Waals surface area contributed by atoms with Crippen molar-refractivity contribution < 1.29 is 9.53 Å². The van der Waals surface area contributed by atoms with E-state index < -0.39 is 5.97 Å². The number of ether oxygens (including phenoxy) is 1. The zero-order chi connectivity index (χ0) is 13.7. The average Bonchev–Trinajstić information content (AvgIpc) is 2.46. The summed E-state index contributed by atoms with van der Waals surface area (Å²) in [6, 6.07) is 17.0. The predicted octanol–water partition coefficient (Wildman–Crippen LogP) is 4.21. The Balaban J connectivity index is 1.96. The molecule has 0 aliphatic rings. The Kier molecular flexibility index (Phi) is 4.53. The number of carbonyl (C=O) groups is 1. The number of hydrogen-bond acceptors (Lipinski definition) is 2. The first-order valence-electron chi connectivity index (χ1n) is 5.83. The van der Waals surface area contributed by atoms with Crippen molar-refractivity contribution in [1.82, 2.24) is 0 Å². The van der Waals surface area contributed by atoms with Crippen molar-refractivity contribution in [3.63, 3.8) is 0 Å². The first kappa shape index (κ1) is 13.6. The lowest BCUT2D eigenvalue weighted by atomic mass is 10.1. The summed E-state index contributed by atoms with van der Waals surface area (Å²) in [7, 11) is 0. The largest absolute Gasteiger partial charge is 0.457 e. The molecule has 0 N–H and O–H groups in total. The maximum atomic E-state index is 11.9. The number of benzene rings is 2. The van der Waals surface area contributed by atoms with E-state index in [-0.39, 0.29) is 6.61 Å². The van der Waals surface area contributed by atoms with Crippen LogP contribution < -0.4 is 0 Å². The normalized spacial score (nSPS) is 9.95. The molecule has 0 aromatic heterocycles. The molecule has 0 saturated heterocycles. The Morgan fingerprint density at radius 2 is 1.68 bits per heavy atom. The molecule has 3 heteroatoms. The fraction of sp³-hybridized carbons (Fsp3) is 0.0625. The Hall–Kier alpha value is -1.87. The van der Waals surface area contributed by atoms with E-state index in [1.807, 2.05) is 54.6 Å². The summed E-state index contributed by atoms with van der Waals surface area (Å²) >= 11 is 3.35. The van der Waals surface area contributed by atoms with Gasteiger partial charge < -0.3 is 4.74 Å². The zero-order valence-corrected chi connectivity index (χ0v) is 11.9. The molecule has 2 aromatic rings. The quantitative estimate of drug-likeness (QED) is 0.624. The molecule has 0 amide bonds. The van der Waals surface area contributed by atoms with Gasteiger partial charge in [0.15, 0.2) is 0 Å². The van der Waals surface area contributed by atoms with Gasteiger partial charge in [0.1, 0.15) is 6.61 Å². The molecular formula is C16H13BrO2. The molecule has 0 aliphatic carbocycles. The SMILES string of the molecule is C=C(C(=O)OCc1ccccc1)c1ccc(Br)cc1. The highest BCUT2D eigenvalue weighted by Crippen LogP contribution is 2.18. The van der Waals surface area contributed by atoms with Crippen molar-refractivity contribution in [1.29, 1.82) is 0 Å². The van der Waals surface area contributed by atoms with E-state index in [9.17, 15) is 4.79 Å². The molecule has 96 valence electrons. The van der Waals surface area contributed by atoms with Gasteiger partial charge in [0.2, 0.25) is 0 Å². The van der Waals surface area contributed by atoms with Crippen molar-refractivity contribution in [3.8, 4) is 0 Å². The van der Waals surface area contributed by atoms with E-state index in [0.717, 1.165) is 15.6 Å². The van der Waals surface area contributed by atoms with Crippen LogP contribution in [0.25, 0.3) is 5.57 Å². The molecule has 0 fully saturated rings. The maximum absolute atomic E-state index is 11.9. The summed E-state index contributed by atoms with van der Waals surface area (Å²) in [5.41, 5.74) is 2.09. The summed E-state index contributed by atoms with van der Waals surface area (Å²) in [6.07, 6.45) is 0. The van der Waals surface area contributed by atoms with Crippen molar-refractivity contribution in [2.75, 3.05) is 0 Å². The molecule has 0 spiro atoms. The van der Waals surface area contributed by atoms with Gasteiger partial charge in [-0.3, -0.25) is 0 Å². The number of carbonyl (C=O) groups excluding carboxylic acids is 1. The average molecular weight is 317 g/mol. The number of rotatable bonds is 4. The van der Waals surface area contributed by atoms with Crippen LogP contribution in [0, 0.1) is 0 Å². The molecule has 0 heterocycles. The van der Waals surface area contributed by atoms with E-state index in [2.05, 4.69) is 22.5 Å².